The van der Waals surface area contributed by atoms with Crippen molar-refractivity contribution in [2.75, 3.05) is 26.2 Å². The van der Waals surface area contributed by atoms with Crippen molar-refractivity contribution in [3.8, 4) is 0 Å². The minimum absolute atomic E-state index is 0.388. The highest BCUT2D eigenvalue weighted by Crippen LogP contribution is 2.19. The maximum atomic E-state index is 9.03. The van der Waals surface area contributed by atoms with Crippen LogP contribution in [0.5, 0.6) is 0 Å². The predicted molar refractivity (Wildman–Crippen MR) is 60.3 cm³/mol. The number of hydrogen-bond acceptors (Lipinski definition) is 2. The van der Waals surface area contributed by atoms with E-state index in [4.69, 9.17) is 5.11 Å². The smallest absolute Gasteiger partial charge is 0.0460 e. The highest BCUT2D eigenvalue weighted by molar-refractivity contribution is 4.73. The molecule has 0 spiro atoms. The van der Waals surface area contributed by atoms with Crippen molar-refractivity contribution < 1.29 is 5.11 Å². The Bertz CT molecular complexity index is 137. The zero-order valence-electron chi connectivity index (χ0n) is 9.71. The third-order valence-corrected chi connectivity index (χ3v) is 3.64. The highest BCUT2D eigenvalue weighted by atomic mass is 16.3. The summed E-state index contributed by atoms with van der Waals surface area (Å²) in [6.07, 6.45) is 4.99. The largest absolute Gasteiger partial charge is 0.396 e. The third-order valence-electron chi connectivity index (χ3n) is 3.64. The zero-order valence-corrected chi connectivity index (χ0v) is 9.71. The van der Waals surface area contributed by atoms with Gasteiger partial charge in [-0.15, -0.1) is 0 Å². The first-order chi connectivity index (χ1) is 6.80. The van der Waals surface area contributed by atoms with Crippen molar-refractivity contribution in [3.05, 3.63) is 0 Å². The van der Waals surface area contributed by atoms with Gasteiger partial charge in [-0.2, -0.15) is 0 Å². The number of piperidine rings is 1. The molecule has 1 fully saturated rings. The molecule has 1 saturated heterocycles. The zero-order chi connectivity index (χ0) is 10.4. The van der Waals surface area contributed by atoms with Crippen LogP contribution in [0.2, 0.25) is 0 Å². The van der Waals surface area contributed by atoms with Crippen LogP contribution in [0.1, 0.15) is 39.5 Å². The lowest BCUT2D eigenvalue weighted by molar-refractivity contribution is 0.118. The van der Waals surface area contributed by atoms with E-state index in [1.165, 1.54) is 45.3 Å². The summed E-state index contributed by atoms with van der Waals surface area (Å²) in [7, 11) is 0. The molecule has 1 N–H and O–H groups in total. The molecular weight excluding hydrogens is 174 g/mol. The highest BCUT2D eigenvalue weighted by Gasteiger charge is 2.19. The van der Waals surface area contributed by atoms with Crippen LogP contribution < -0.4 is 0 Å². The van der Waals surface area contributed by atoms with Crippen molar-refractivity contribution in [1.29, 1.82) is 0 Å². The van der Waals surface area contributed by atoms with Gasteiger partial charge in [0.25, 0.3) is 0 Å². The monoisotopic (exact) mass is 199 g/mol. The van der Waals surface area contributed by atoms with Crippen LogP contribution >= 0.6 is 0 Å². The van der Waals surface area contributed by atoms with E-state index in [0.29, 0.717) is 12.5 Å². The average Bonchev–Trinajstić information content (AvgIpc) is 2.26. The van der Waals surface area contributed by atoms with E-state index < -0.39 is 0 Å². The Balaban J connectivity index is 2.21. The molecule has 0 saturated carbocycles. The molecule has 0 aromatic heterocycles. The molecular formula is C12H25NO. The predicted octanol–water partition coefficient (Wildman–Crippen LogP) is 2.13. The van der Waals surface area contributed by atoms with Crippen LogP contribution in [0, 0.1) is 11.8 Å². The fourth-order valence-electron chi connectivity index (χ4n) is 2.26. The van der Waals surface area contributed by atoms with E-state index in [2.05, 4.69) is 18.7 Å². The summed E-state index contributed by atoms with van der Waals surface area (Å²) < 4.78 is 0. The second-order valence-corrected chi connectivity index (χ2v) is 4.61. The summed E-state index contributed by atoms with van der Waals surface area (Å²) in [5.74, 6) is 1.45. The van der Waals surface area contributed by atoms with E-state index in [9.17, 15) is 0 Å². The van der Waals surface area contributed by atoms with Gasteiger partial charge in [-0.05, 0) is 37.8 Å². The Morgan fingerprint density at radius 1 is 1.21 bits per heavy atom. The lowest BCUT2D eigenvalue weighted by Gasteiger charge is -2.33. The van der Waals surface area contributed by atoms with Crippen LogP contribution in [0.4, 0.5) is 0 Å². The summed E-state index contributed by atoms with van der Waals surface area (Å²) >= 11 is 0. The van der Waals surface area contributed by atoms with Crippen LogP contribution in [-0.4, -0.2) is 36.2 Å². The summed E-state index contributed by atoms with van der Waals surface area (Å²) in [6, 6.07) is 0. The van der Waals surface area contributed by atoms with Gasteiger partial charge in [0.2, 0.25) is 0 Å². The Labute approximate surface area is 88.3 Å². The Hall–Kier alpha value is -0.0800. The van der Waals surface area contributed by atoms with Gasteiger partial charge in [-0.25, -0.2) is 0 Å². The lowest BCUT2D eigenvalue weighted by atomic mass is 9.96. The standard InChI is InChI=1S/C12H25NO/c1-3-11(4-2)9-13-7-5-12(10-14)6-8-13/h11-12,14H,3-10H2,1-2H3. The van der Waals surface area contributed by atoms with Gasteiger partial charge in [0, 0.05) is 13.2 Å². The maximum absolute atomic E-state index is 9.03. The molecule has 0 unspecified atom stereocenters. The topological polar surface area (TPSA) is 23.5 Å². The van der Waals surface area contributed by atoms with Crippen molar-refractivity contribution in [2.24, 2.45) is 11.8 Å². The first-order valence-electron chi connectivity index (χ1n) is 6.13. The normalized spacial score (nSPS) is 20.6. The Kier molecular flexibility index (Phi) is 5.49. The van der Waals surface area contributed by atoms with Gasteiger partial charge in [0.1, 0.15) is 0 Å². The maximum Gasteiger partial charge on any atom is 0.0460 e. The molecule has 2 heteroatoms. The quantitative estimate of drug-likeness (QED) is 0.733. The third kappa shape index (κ3) is 3.58. The SMILES string of the molecule is CCC(CC)CN1CCC(CO)CC1. The van der Waals surface area contributed by atoms with Crippen molar-refractivity contribution in [1.82, 2.24) is 4.90 Å². The number of nitrogens with zero attached hydrogens (tertiary/aromatic N) is 1. The second kappa shape index (κ2) is 6.41. The van der Waals surface area contributed by atoms with E-state index in [1.54, 1.807) is 0 Å². The van der Waals surface area contributed by atoms with Gasteiger partial charge in [-0.1, -0.05) is 26.7 Å². The molecule has 1 aliphatic rings. The minimum atomic E-state index is 0.388. The molecule has 0 aromatic carbocycles. The number of hydrogen-bond donors (Lipinski definition) is 1. The summed E-state index contributed by atoms with van der Waals surface area (Å²) in [5.41, 5.74) is 0. The van der Waals surface area contributed by atoms with Crippen molar-refractivity contribution >= 4 is 0 Å². The Morgan fingerprint density at radius 3 is 2.21 bits per heavy atom. The van der Waals surface area contributed by atoms with E-state index in [0.717, 1.165) is 5.92 Å². The fraction of sp³-hybridized carbons (Fsp3) is 1.00. The number of likely N-dealkylation sites (tertiary alicyclic amines) is 1. The van der Waals surface area contributed by atoms with Crippen molar-refractivity contribution in [3.63, 3.8) is 0 Å². The molecule has 0 radical (unpaired) electrons. The average molecular weight is 199 g/mol. The van der Waals surface area contributed by atoms with Crippen molar-refractivity contribution in [2.45, 2.75) is 39.5 Å². The van der Waals surface area contributed by atoms with Crippen LogP contribution in [-0.2, 0) is 0 Å². The van der Waals surface area contributed by atoms with Crippen LogP contribution in [0.25, 0.3) is 0 Å². The lowest BCUT2D eigenvalue weighted by Crippen LogP contribution is -2.37. The van der Waals surface area contributed by atoms with E-state index in [1.807, 2.05) is 0 Å². The molecule has 0 aromatic rings. The van der Waals surface area contributed by atoms with Gasteiger partial charge in [0.15, 0.2) is 0 Å². The fourth-order valence-corrected chi connectivity index (χ4v) is 2.26. The first-order valence-corrected chi connectivity index (χ1v) is 6.13. The summed E-state index contributed by atoms with van der Waals surface area (Å²) in [4.78, 5) is 2.57. The molecule has 0 atom stereocenters. The molecule has 0 aliphatic carbocycles. The molecule has 0 bridgehead atoms. The van der Waals surface area contributed by atoms with Gasteiger partial charge in [0.05, 0.1) is 0 Å². The molecule has 1 heterocycles. The molecule has 0 amide bonds. The Morgan fingerprint density at radius 2 is 1.79 bits per heavy atom. The first kappa shape index (κ1) is 12.0. The van der Waals surface area contributed by atoms with E-state index >= 15 is 0 Å². The summed E-state index contributed by atoms with van der Waals surface area (Å²) in [6.45, 7) is 8.62. The number of aliphatic hydroxyl groups is 1. The minimum Gasteiger partial charge on any atom is -0.396 e. The number of aliphatic hydroxyl groups excluding tert-OH is 1. The molecule has 1 aliphatic heterocycles. The van der Waals surface area contributed by atoms with Crippen LogP contribution in [0.15, 0.2) is 0 Å². The van der Waals surface area contributed by atoms with Crippen LogP contribution in [0.3, 0.4) is 0 Å². The van der Waals surface area contributed by atoms with Gasteiger partial charge in [-0.3, -0.25) is 0 Å². The van der Waals surface area contributed by atoms with E-state index in [-0.39, 0.29) is 0 Å². The second-order valence-electron chi connectivity index (χ2n) is 4.61. The van der Waals surface area contributed by atoms with Gasteiger partial charge < -0.3 is 10.0 Å². The van der Waals surface area contributed by atoms with Gasteiger partial charge >= 0.3 is 0 Å². The molecule has 84 valence electrons. The summed E-state index contributed by atoms with van der Waals surface area (Å²) in [5, 5.41) is 9.03. The molecule has 2 nitrogen and oxygen atoms in total. The number of rotatable bonds is 5. The molecule has 14 heavy (non-hydrogen) atoms. The molecule has 1 rings (SSSR count).